The van der Waals surface area contributed by atoms with Crippen LogP contribution in [0.3, 0.4) is 0 Å². The number of rotatable bonds is 5. The molecule has 1 saturated heterocycles. The highest BCUT2D eigenvalue weighted by molar-refractivity contribution is 6.03. The largest absolute Gasteiger partial charge is 0.455 e. The number of nitrogens with zero attached hydrogens (tertiary/aromatic N) is 1. The first-order chi connectivity index (χ1) is 14.5. The first-order valence-corrected chi connectivity index (χ1v) is 9.70. The van der Waals surface area contributed by atoms with Gasteiger partial charge in [-0.25, -0.2) is 4.39 Å². The zero-order valence-electron chi connectivity index (χ0n) is 16.5. The van der Waals surface area contributed by atoms with Crippen LogP contribution in [0.5, 0.6) is 11.5 Å². The summed E-state index contributed by atoms with van der Waals surface area (Å²) >= 11 is 0. The molecule has 2 amide bonds. The Morgan fingerprint density at radius 2 is 1.80 bits per heavy atom. The monoisotopic (exact) mass is 404 g/mol. The van der Waals surface area contributed by atoms with Crippen molar-refractivity contribution < 1.29 is 18.7 Å². The molecule has 5 nitrogen and oxygen atoms in total. The number of halogens is 1. The van der Waals surface area contributed by atoms with Crippen molar-refractivity contribution in [3.8, 4) is 11.5 Å². The van der Waals surface area contributed by atoms with Crippen LogP contribution < -0.4 is 15.0 Å². The SMILES string of the molecule is Cc1ccc(N2CC(C(=O)Nc3ccccc3Oc3ccccc3)CC2=O)cc1F. The Morgan fingerprint density at radius 3 is 2.57 bits per heavy atom. The quantitative estimate of drug-likeness (QED) is 0.657. The van der Waals surface area contributed by atoms with E-state index >= 15 is 0 Å². The lowest BCUT2D eigenvalue weighted by atomic mass is 10.1. The Hall–Kier alpha value is -3.67. The number of anilines is 2. The van der Waals surface area contributed by atoms with E-state index in [2.05, 4.69) is 5.32 Å². The van der Waals surface area contributed by atoms with E-state index in [1.807, 2.05) is 36.4 Å². The van der Waals surface area contributed by atoms with Crippen LogP contribution in [0.1, 0.15) is 12.0 Å². The van der Waals surface area contributed by atoms with Crippen molar-refractivity contribution in [2.45, 2.75) is 13.3 Å². The molecular formula is C24H21FN2O3. The number of para-hydroxylation sites is 3. The van der Waals surface area contributed by atoms with E-state index in [1.54, 1.807) is 37.3 Å². The molecule has 0 aromatic heterocycles. The lowest BCUT2D eigenvalue weighted by Gasteiger charge is -2.18. The fourth-order valence-corrected chi connectivity index (χ4v) is 3.39. The average Bonchev–Trinajstić information content (AvgIpc) is 3.14. The molecule has 3 aromatic carbocycles. The summed E-state index contributed by atoms with van der Waals surface area (Å²) in [4.78, 5) is 26.7. The average molecular weight is 404 g/mol. The van der Waals surface area contributed by atoms with Crippen molar-refractivity contribution in [3.05, 3.63) is 84.2 Å². The molecule has 1 fully saturated rings. The van der Waals surface area contributed by atoms with E-state index in [4.69, 9.17) is 4.74 Å². The van der Waals surface area contributed by atoms with E-state index < -0.39 is 5.92 Å². The van der Waals surface area contributed by atoms with Crippen molar-refractivity contribution in [1.82, 2.24) is 0 Å². The number of carbonyl (C=O) groups excluding carboxylic acids is 2. The molecule has 0 bridgehead atoms. The normalized spacial score (nSPS) is 15.9. The molecule has 3 aromatic rings. The van der Waals surface area contributed by atoms with Gasteiger partial charge in [0.15, 0.2) is 5.75 Å². The Labute approximate surface area is 174 Å². The van der Waals surface area contributed by atoms with Crippen molar-refractivity contribution >= 4 is 23.2 Å². The summed E-state index contributed by atoms with van der Waals surface area (Å²) in [7, 11) is 0. The second-order valence-electron chi connectivity index (χ2n) is 7.24. The molecule has 0 aliphatic carbocycles. The summed E-state index contributed by atoms with van der Waals surface area (Å²) in [5.74, 6) is -0.219. The smallest absolute Gasteiger partial charge is 0.229 e. The number of amides is 2. The molecule has 1 unspecified atom stereocenters. The third-order valence-electron chi connectivity index (χ3n) is 5.08. The number of carbonyl (C=O) groups is 2. The summed E-state index contributed by atoms with van der Waals surface area (Å²) in [5.41, 5.74) is 1.50. The minimum absolute atomic E-state index is 0.0725. The Balaban J connectivity index is 1.47. The first kappa shape index (κ1) is 19.6. The fraction of sp³-hybridized carbons (Fsp3) is 0.167. The highest BCUT2D eigenvalue weighted by Gasteiger charge is 2.35. The molecule has 6 heteroatoms. The van der Waals surface area contributed by atoms with Crippen LogP contribution >= 0.6 is 0 Å². The molecule has 30 heavy (non-hydrogen) atoms. The standard InChI is InChI=1S/C24H21FN2O3/c1-16-11-12-18(14-20(16)25)27-15-17(13-23(27)28)24(29)26-21-9-5-6-10-22(21)30-19-7-3-2-4-8-19/h2-12,14,17H,13,15H2,1H3,(H,26,29). The second kappa shape index (κ2) is 8.37. The number of hydrogen-bond donors (Lipinski definition) is 1. The first-order valence-electron chi connectivity index (χ1n) is 9.70. The predicted molar refractivity (Wildman–Crippen MR) is 113 cm³/mol. The van der Waals surface area contributed by atoms with Crippen molar-refractivity contribution in [1.29, 1.82) is 0 Å². The second-order valence-corrected chi connectivity index (χ2v) is 7.24. The van der Waals surface area contributed by atoms with Gasteiger partial charge in [-0.2, -0.15) is 0 Å². The van der Waals surface area contributed by atoms with Crippen LogP contribution in [0, 0.1) is 18.7 Å². The van der Waals surface area contributed by atoms with Gasteiger partial charge in [0.05, 0.1) is 11.6 Å². The van der Waals surface area contributed by atoms with E-state index in [0.717, 1.165) is 0 Å². The topological polar surface area (TPSA) is 58.6 Å². The van der Waals surface area contributed by atoms with Crippen molar-refractivity contribution in [3.63, 3.8) is 0 Å². The highest BCUT2D eigenvalue weighted by atomic mass is 19.1. The van der Waals surface area contributed by atoms with Gasteiger partial charge in [-0.05, 0) is 48.9 Å². The summed E-state index contributed by atoms with van der Waals surface area (Å²) in [5, 5.41) is 2.87. The minimum atomic E-state index is -0.536. The number of ether oxygens (including phenoxy) is 1. The van der Waals surface area contributed by atoms with Crippen LogP contribution in [0.25, 0.3) is 0 Å². The predicted octanol–water partition coefficient (Wildman–Crippen LogP) is 4.92. The number of aryl methyl sites for hydroxylation is 1. The van der Waals surface area contributed by atoms with Gasteiger partial charge in [0.2, 0.25) is 11.8 Å². The van der Waals surface area contributed by atoms with Gasteiger partial charge < -0.3 is 15.0 Å². The minimum Gasteiger partial charge on any atom is -0.455 e. The maximum atomic E-state index is 13.9. The molecule has 1 atom stereocenters. The maximum Gasteiger partial charge on any atom is 0.229 e. The van der Waals surface area contributed by atoms with Crippen LogP contribution in [0.4, 0.5) is 15.8 Å². The molecule has 0 radical (unpaired) electrons. The number of hydrogen-bond acceptors (Lipinski definition) is 3. The molecule has 1 N–H and O–H groups in total. The van der Waals surface area contributed by atoms with Crippen LogP contribution in [-0.4, -0.2) is 18.4 Å². The van der Waals surface area contributed by atoms with Gasteiger partial charge in [0, 0.05) is 18.7 Å². The Morgan fingerprint density at radius 1 is 1.07 bits per heavy atom. The van der Waals surface area contributed by atoms with Gasteiger partial charge in [0.25, 0.3) is 0 Å². The van der Waals surface area contributed by atoms with Gasteiger partial charge in [-0.1, -0.05) is 36.4 Å². The Bertz CT molecular complexity index is 1080. The molecule has 1 heterocycles. The summed E-state index contributed by atoms with van der Waals surface area (Å²) < 4.78 is 19.8. The molecule has 1 aliphatic heterocycles. The van der Waals surface area contributed by atoms with Gasteiger partial charge in [-0.3, -0.25) is 9.59 Å². The Kier molecular flexibility index (Phi) is 5.48. The summed E-state index contributed by atoms with van der Waals surface area (Å²) in [6, 6.07) is 21.1. The van der Waals surface area contributed by atoms with Crippen LogP contribution in [0.15, 0.2) is 72.8 Å². The molecule has 4 rings (SSSR count). The van der Waals surface area contributed by atoms with Gasteiger partial charge >= 0.3 is 0 Å². The van der Waals surface area contributed by atoms with Gasteiger partial charge in [0.1, 0.15) is 11.6 Å². The van der Waals surface area contributed by atoms with E-state index in [1.165, 1.54) is 11.0 Å². The summed E-state index contributed by atoms with van der Waals surface area (Å²) in [6.07, 6.45) is 0.0725. The maximum absolute atomic E-state index is 13.9. The van der Waals surface area contributed by atoms with E-state index in [-0.39, 0.29) is 30.6 Å². The molecule has 0 saturated carbocycles. The zero-order chi connectivity index (χ0) is 21.1. The molecule has 152 valence electrons. The lowest BCUT2D eigenvalue weighted by molar-refractivity contribution is -0.122. The highest BCUT2D eigenvalue weighted by Crippen LogP contribution is 2.31. The third kappa shape index (κ3) is 4.17. The van der Waals surface area contributed by atoms with Crippen LogP contribution in [-0.2, 0) is 9.59 Å². The van der Waals surface area contributed by atoms with Crippen LogP contribution in [0.2, 0.25) is 0 Å². The zero-order valence-corrected chi connectivity index (χ0v) is 16.5. The molecule has 0 spiro atoms. The fourth-order valence-electron chi connectivity index (χ4n) is 3.39. The number of benzene rings is 3. The molecular weight excluding hydrogens is 383 g/mol. The van der Waals surface area contributed by atoms with Gasteiger partial charge in [-0.15, -0.1) is 0 Å². The lowest BCUT2D eigenvalue weighted by Crippen LogP contribution is -2.28. The third-order valence-corrected chi connectivity index (χ3v) is 5.08. The summed E-state index contributed by atoms with van der Waals surface area (Å²) in [6.45, 7) is 1.87. The van der Waals surface area contributed by atoms with E-state index in [9.17, 15) is 14.0 Å². The number of nitrogens with one attached hydrogen (secondary N) is 1. The molecule has 1 aliphatic rings. The van der Waals surface area contributed by atoms with Crippen molar-refractivity contribution in [2.75, 3.05) is 16.8 Å². The van der Waals surface area contributed by atoms with E-state index in [0.29, 0.717) is 28.4 Å². The van der Waals surface area contributed by atoms with Crippen molar-refractivity contribution in [2.24, 2.45) is 5.92 Å².